The van der Waals surface area contributed by atoms with E-state index in [-0.39, 0.29) is 6.79 Å². The maximum atomic E-state index is 12.8. The number of halogens is 1. The number of aromatic nitrogens is 1. The highest BCUT2D eigenvalue weighted by atomic mass is 35.5. The standard InChI is InChI=1S/C20H18ClNO4S2/c1-24-18-5-3-2-4-17(18)20-22-16(9-27-20)11-28(23)10-14-7-15(21)6-13-8-25-12-26-19(13)14/h2-7,9H,8,10-12H2,1H3. The predicted molar refractivity (Wildman–Crippen MR) is 111 cm³/mol. The molecular formula is C20H18ClNO4S2. The Morgan fingerprint density at radius 3 is 3.00 bits per heavy atom. The van der Waals surface area contributed by atoms with Crippen LogP contribution in [0.3, 0.4) is 0 Å². The van der Waals surface area contributed by atoms with Gasteiger partial charge in [0, 0.05) is 32.3 Å². The van der Waals surface area contributed by atoms with Gasteiger partial charge < -0.3 is 14.2 Å². The van der Waals surface area contributed by atoms with Crippen LogP contribution in [0, 0.1) is 0 Å². The molecule has 0 amide bonds. The van der Waals surface area contributed by atoms with E-state index in [0.29, 0.717) is 23.1 Å². The topological polar surface area (TPSA) is 57.7 Å². The summed E-state index contributed by atoms with van der Waals surface area (Å²) in [5.74, 6) is 2.22. The molecule has 1 aromatic heterocycles. The third-order valence-corrected chi connectivity index (χ3v) is 6.66. The van der Waals surface area contributed by atoms with E-state index in [1.807, 2.05) is 41.8 Å². The smallest absolute Gasteiger partial charge is 0.189 e. The van der Waals surface area contributed by atoms with Crippen molar-refractivity contribution in [2.45, 2.75) is 18.1 Å². The average molecular weight is 436 g/mol. The molecule has 0 fully saturated rings. The molecule has 28 heavy (non-hydrogen) atoms. The lowest BCUT2D eigenvalue weighted by Gasteiger charge is -2.21. The van der Waals surface area contributed by atoms with Crippen molar-refractivity contribution < 1.29 is 18.4 Å². The number of ether oxygens (including phenoxy) is 3. The van der Waals surface area contributed by atoms with Crippen LogP contribution in [0.25, 0.3) is 10.6 Å². The number of hydrogen-bond acceptors (Lipinski definition) is 6. The lowest BCUT2D eigenvalue weighted by atomic mass is 10.1. The number of nitrogens with zero attached hydrogens (tertiary/aromatic N) is 1. The zero-order valence-corrected chi connectivity index (χ0v) is 17.5. The van der Waals surface area contributed by atoms with Gasteiger partial charge in [0.1, 0.15) is 16.5 Å². The van der Waals surface area contributed by atoms with Crippen LogP contribution >= 0.6 is 22.9 Å². The quantitative estimate of drug-likeness (QED) is 0.557. The molecule has 0 spiro atoms. The minimum atomic E-state index is -1.15. The average Bonchev–Trinajstić information content (AvgIpc) is 3.16. The van der Waals surface area contributed by atoms with Gasteiger partial charge in [-0.15, -0.1) is 11.3 Å². The molecule has 4 rings (SSSR count). The number of para-hydroxylation sites is 1. The highest BCUT2D eigenvalue weighted by Gasteiger charge is 2.19. The van der Waals surface area contributed by atoms with Gasteiger partial charge in [-0.3, -0.25) is 4.21 Å². The molecule has 2 aromatic carbocycles. The molecule has 0 N–H and O–H groups in total. The molecule has 5 nitrogen and oxygen atoms in total. The fraction of sp³-hybridized carbons (Fsp3) is 0.250. The molecular weight excluding hydrogens is 418 g/mol. The first-order chi connectivity index (χ1) is 13.6. The summed E-state index contributed by atoms with van der Waals surface area (Å²) in [7, 11) is 0.495. The van der Waals surface area contributed by atoms with E-state index in [2.05, 4.69) is 4.98 Å². The Hall–Kier alpha value is -1.93. The number of benzene rings is 2. The Bertz CT molecular complexity index is 1020. The Morgan fingerprint density at radius 2 is 2.14 bits per heavy atom. The summed E-state index contributed by atoms with van der Waals surface area (Å²) in [6.45, 7) is 0.645. The Balaban J connectivity index is 1.50. The monoisotopic (exact) mass is 435 g/mol. The van der Waals surface area contributed by atoms with Gasteiger partial charge in [0.15, 0.2) is 6.79 Å². The molecule has 0 bridgehead atoms. The van der Waals surface area contributed by atoms with Gasteiger partial charge in [-0.1, -0.05) is 23.7 Å². The van der Waals surface area contributed by atoms with E-state index in [9.17, 15) is 4.21 Å². The first-order valence-electron chi connectivity index (χ1n) is 8.58. The van der Waals surface area contributed by atoms with Gasteiger partial charge in [0.25, 0.3) is 0 Å². The first-order valence-corrected chi connectivity index (χ1v) is 11.3. The van der Waals surface area contributed by atoms with Crippen LogP contribution in [0.1, 0.15) is 16.8 Å². The van der Waals surface area contributed by atoms with E-state index in [1.165, 1.54) is 11.3 Å². The third kappa shape index (κ3) is 4.22. The second kappa shape index (κ2) is 8.61. The second-order valence-corrected chi connectivity index (χ2v) is 8.99. The van der Waals surface area contributed by atoms with E-state index in [4.69, 9.17) is 25.8 Å². The van der Waals surface area contributed by atoms with Crippen molar-refractivity contribution in [3.63, 3.8) is 0 Å². The normalized spacial score (nSPS) is 14.2. The lowest BCUT2D eigenvalue weighted by Crippen LogP contribution is -2.14. The molecule has 146 valence electrons. The second-order valence-electron chi connectivity index (χ2n) is 6.24. The maximum Gasteiger partial charge on any atom is 0.189 e. The van der Waals surface area contributed by atoms with Gasteiger partial charge in [-0.05, 0) is 24.3 Å². The van der Waals surface area contributed by atoms with Gasteiger partial charge in [0.05, 0.1) is 36.5 Å². The third-order valence-electron chi connectivity index (χ3n) is 4.27. The van der Waals surface area contributed by atoms with Gasteiger partial charge in [-0.2, -0.15) is 0 Å². The van der Waals surface area contributed by atoms with E-state index in [0.717, 1.165) is 38.9 Å². The SMILES string of the molecule is COc1ccccc1-c1nc(CS(=O)Cc2cc(Cl)cc3c2OCOC3)cs1. The molecule has 0 saturated heterocycles. The lowest BCUT2D eigenvalue weighted by molar-refractivity contribution is -0.0169. The Labute approximate surface area is 174 Å². The van der Waals surface area contributed by atoms with Crippen molar-refractivity contribution >= 4 is 33.7 Å². The molecule has 0 aliphatic carbocycles. The van der Waals surface area contributed by atoms with Crippen LogP contribution in [0.15, 0.2) is 41.8 Å². The summed E-state index contributed by atoms with van der Waals surface area (Å²) >= 11 is 7.71. The molecule has 0 radical (unpaired) electrons. The van der Waals surface area contributed by atoms with Crippen molar-refractivity contribution in [2.24, 2.45) is 0 Å². The maximum absolute atomic E-state index is 12.8. The number of rotatable bonds is 6. The minimum Gasteiger partial charge on any atom is -0.496 e. The van der Waals surface area contributed by atoms with Crippen molar-refractivity contribution in [1.29, 1.82) is 0 Å². The van der Waals surface area contributed by atoms with E-state index in [1.54, 1.807) is 7.11 Å². The summed E-state index contributed by atoms with van der Waals surface area (Å²) in [5.41, 5.74) is 3.45. The van der Waals surface area contributed by atoms with Crippen molar-refractivity contribution in [1.82, 2.24) is 4.98 Å². The van der Waals surface area contributed by atoms with Crippen LogP contribution in [0.2, 0.25) is 5.02 Å². The minimum absolute atomic E-state index is 0.197. The molecule has 1 aliphatic heterocycles. The largest absolute Gasteiger partial charge is 0.496 e. The van der Waals surface area contributed by atoms with Crippen molar-refractivity contribution in [2.75, 3.05) is 13.9 Å². The molecule has 8 heteroatoms. The zero-order valence-electron chi connectivity index (χ0n) is 15.1. The van der Waals surface area contributed by atoms with Gasteiger partial charge in [-0.25, -0.2) is 4.98 Å². The van der Waals surface area contributed by atoms with Gasteiger partial charge >= 0.3 is 0 Å². The molecule has 3 aromatic rings. The number of thiazole rings is 1. The highest BCUT2D eigenvalue weighted by molar-refractivity contribution is 7.83. The summed E-state index contributed by atoms with van der Waals surface area (Å²) in [6, 6.07) is 11.4. The Kier molecular flexibility index (Phi) is 5.96. The van der Waals surface area contributed by atoms with Crippen molar-refractivity contribution in [3.8, 4) is 22.1 Å². The van der Waals surface area contributed by atoms with Crippen LogP contribution in [-0.4, -0.2) is 23.1 Å². The molecule has 0 saturated carbocycles. The van der Waals surface area contributed by atoms with Crippen LogP contribution in [-0.2, 0) is 33.6 Å². The summed E-state index contributed by atoms with van der Waals surface area (Å²) in [4.78, 5) is 4.64. The molecule has 1 atom stereocenters. The number of fused-ring (bicyclic) bond motifs is 1. The number of methoxy groups -OCH3 is 1. The fourth-order valence-corrected chi connectivity index (χ4v) is 5.43. The molecule has 1 aliphatic rings. The molecule has 2 heterocycles. The van der Waals surface area contributed by atoms with E-state index < -0.39 is 10.8 Å². The number of hydrogen-bond donors (Lipinski definition) is 0. The van der Waals surface area contributed by atoms with Crippen molar-refractivity contribution in [3.05, 3.63) is 63.6 Å². The Morgan fingerprint density at radius 1 is 1.29 bits per heavy atom. The van der Waals surface area contributed by atoms with Crippen LogP contribution < -0.4 is 9.47 Å². The fourth-order valence-electron chi connectivity index (χ4n) is 3.07. The van der Waals surface area contributed by atoms with E-state index >= 15 is 0 Å². The summed E-state index contributed by atoms with van der Waals surface area (Å²) in [6.07, 6.45) is 0. The predicted octanol–water partition coefficient (Wildman–Crippen LogP) is 4.79. The first kappa shape index (κ1) is 19.4. The zero-order chi connectivity index (χ0) is 19.5. The summed E-state index contributed by atoms with van der Waals surface area (Å²) < 4.78 is 29.1. The van der Waals surface area contributed by atoms with Crippen LogP contribution in [0.5, 0.6) is 11.5 Å². The van der Waals surface area contributed by atoms with Crippen LogP contribution in [0.4, 0.5) is 0 Å². The highest BCUT2D eigenvalue weighted by Crippen LogP contribution is 2.34. The molecule has 1 unspecified atom stereocenters. The van der Waals surface area contributed by atoms with Gasteiger partial charge in [0.2, 0.25) is 0 Å². The summed E-state index contributed by atoms with van der Waals surface area (Å²) in [5, 5.41) is 3.38.